The Morgan fingerprint density at radius 2 is 1.78 bits per heavy atom. The second-order valence-corrected chi connectivity index (χ2v) is 6.26. The van der Waals surface area contributed by atoms with Crippen molar-refractivity contribution in [2.24, 2.45) is 0 Å². The van der Waals surface area contributed by atoms with Crippen LogP contribution in [0.1, 0.15) is 32.9 Å². The Morgan fingerprint density at radius 1 is 1.04 bits per heavy atom. The highest BCUT2D eigenvalue weighted by Crippen LogP contribution is 2.22. The number of carbonyl (C=O) groups excluding carboxylic acids is 3. The molecule has 0 fully saturated rings. The maximum atomic E-state index is 11.8. The van der Waals surface area contributed by atoms with Crippen molar-refractivity contribution in [2.45, 2.75) is 12.8 Å². The zero-order valence-electron chi connectivity index (χ0n) is 11.8. The highest BCUT2D eigenvalue weighted by atomic mass is 35.5. The van der Waals surface area contributed by atoms with Gasteiger partial charge in [-0.1, -0.05) is 23.7 Å². The van der Waals surface area contributed by atoms with Crippen LogP contribution in [0.25, 0.3) is 0 Å². The van der Waals surface area contributed by atoms with E-state index in [0.717, 1.165) is 11.3 Å². The SMILES string of the molecule is O=C(CCC(=O)c1ccc(Cl)s1)NNC(=O)c1ccccc1O. The number of halogens is 1. The summed E-state index contributed by atoms with van der Waals surface area (Å²) in [7, 11) is 0. The van der Waals surface area contributed by atoms with Crippen LogP contribution in [0.15, 0.2) is 36.4 Å². The zero-order valence-corrected chi connectivity index (χ0v) is 13.4. The van der Waals surface area contributed by atoms with Gasteiger partial charge in [-0.05, 0) is 24.3 Å². The zero-order chi connectivity index (χ0) is 16.8. The second-order valence-electron chi connectivity index (χ2n) is 4.55. The number of phenols is 1. The minimum absolute atomic E-state index is 0.00906. The highest BCUT2D eigenvalue weighted by molar-refractivity contribution is 7.18. The lowest BCUT2D eigenvalue weighted by atomic mass is 10.2. The molecule has 0 aliphatic carbocycles. The number of nitrogens with one attached hydrogen (secondary N) is 2. The third kappa shape index (κ3) is 4.80. The van der Waals surface area contributed by atoms with Gasteiger partial charge in [0.15, 0.2) is 5.78 Å². The van der Waals surface area contributed by atoms with Gasteiger partial charge in [0.05, 0.1) is 14.8 Å². The molecular weight excluding hydrogens is 340 g/mol. The highest BCUT2D eigenvalue weighted by Gasteiger charge is 2.13. The summed E-state index contributed by atoms with van der Waals surface area (Å²) in [6, 6.07) is 9.16. The first-order valence-electron chi connectivity index (χ1n) is 6.63. The van der Waals surface area contributed by atoms with Crippen LogP contribution in [0.3, 0.4) is 0 Å². The van der Waals surface area contributed by atoms with Gasteiger partial charge >= 0.3 is 0 Å². The molecule has 0 atom stereocenters. The third-order valence-electron chi connectivity index (χ3n) is 2.89. The second kappa shape index (κ2) is 7.75. The van der Waals surface area contributed by atoms with Crippen LogP contribution in [0.4, 0.5) is 0 Å². The van der Waals surface area contributed by atoms with Crippen LogP contribution in [0, 0.1) is 0 Å². The Hall–Kier alpha value is -2.38. The molecule has 6 nitrogen and oxygen atoms in total. The summed E-state index contributed by atoms with van der Waals surface area (Å²) in [5.41, 5.74) is 4.41. The van der Waals surface area contributed by atoms with Gasteiger partial charge < -0.3 is 5.11 Å². The predicted octanol–water partition coefficient (Wildman–Crippen LogP) is 2.53. The Morgan fingerprint density at radius 3 is 2.43 bits per heavy atom. The van der Waals surface area contributed by atoms with Gasteiger partial charge in [0.2, 0.25) is 5.91 Å². The van der Waals surface area contributed by atoms with Crippen LogP contribution < -0.4 is 10.9 Å². The average molecular weight is 353 g/mol. The Balaban J connectivity index is 1.78. The molecule has 0 saturated carbocycles. The lowest BCUT2D eigenvalue weighted by Crippen LogP contribution is -2.41. The minimum Gasteiger partial charge on any atom is -0.507 e. The summed E-state index contributed by atoms with van der Waals surface area (Å²) >= 11 is 6.89. The number of Topliss-reactive ketones (excluding diaryl/α,β-unsaturated/α-hetero) is 1. The fourth-order valence-corrected chi connectivity index (χ4v) is 2.75. The number of amides is 2. The topological polar surface area (TPSA) is 95.5 Å². The van der Waals surface area contributed by atoms with E-state index in [1.807, 2.05) is 0 Å². The van der Waals surface area contributed by atoms with Crippen molar-refractivity contribution in [1.82, 2.24) is 10.9 Å². The molecule has 23 heavy (non-hydrogen) atoms. The van der Waals surface area contributed by atoms with Gasteiger partial charge in [0.1, 0.15) is 5.75 Å². The number of aromatic hydroxyl groups is 1. The van der Waals surface area contributed by atoms with Gasteiger partial charge in [-0.3, -0.25) is 25.2 Å². The van der Waals surface area contributed by atoms with E-state index < -0.39 is 11.8 Å². The Bertz CT molecular complexity index is 745. The maximum absolute atomic E-state index is 11.8. The quantitative estimate of drug-likeness (QED) is 0.569. The summed E-state index contributed by atoms with van der Waals surface area (Å²) in [5.74, 6) is -1.54. The summed E-state index contributed by atoms with van der Waals surface area (Å²) in [4.78, 5) is 35.7. The van der Waals surface area contributed by atoms with Gasteiger partial charge in [-0.15, -0.1) is 11.3 Å². The lowest BCUT2D eigenvalue weighted by molar-refractivity contribution is -0.121. The number of ketones is 1. The largest absolute Gasteiger partial charge is 0.507 e. The molecule has 0 radical (unpaired) electrons. The van der Waals surface area contributed by atoms with E-state index in [4.69, 9.17) is 11.6 Å². The first-order chi connectivity index (χ1) is 11.0. The van der Waals surface area contributed by atoms with Gasteiger partial charge in [0.25, 0.3) is 5.91 Å². The molecule has 0 spiro atoms. The normalized spacial score (nSPS) is 10.1. The molecule has 1 heterocycles. The van der Waals surface area contributed by atoms with Crippen molar-refractivity contribution in [3.8, 4) is 5.75 Å². The van der Waals surface area contributed by atoms with Crippen molar-refractivity contribution in [1.29, 1.82) is 0 Å². The van der Waals surface area contributed by atoms with E-state index in [9.17, 15) is 19.5 Å². The number of hydrogen-bond donors (Lipinski definition) is 3. The molecule has 120 valence electrons. The molecule has 2 aromatic rings. The number of benzene rings is 1. The van der Waals surface area contributed by atoms with E-state index in [1.54, 1.807) is 24.3 Å². The lowest BCUT2D eigenvalue weighted by Gasteiger charge is -2.08. The predicted molar refractivity (Wildman–Crippen MR) is 86.6 cm³/mol. The first-order valence-corrected chi connectivity index (χ1v) is 7.82. The first kappa shape index (κ1) is 17.0. The number of hydrazine groups is 1. The van der Waals surface area contributed by atoms with E-state index in [0.29, 0.717) is 9.21 Å². The molecule has 1 aromatic carbocycles. The standard InChI is InChI=1S/C15H13ClN2O4S/c16-13-7-6-12(23-13)11(20)5-8-14(21)17-18-15(22)9-3-1-2-4-10(9)19/h1-4,6-7,19H,5,8H2,(H,17,21)(H,18,22). The molecule has 8 heteroatoms. The fraction of sp³-hybridized carbons (Fsp3) is 0.133. The van der Waals surface area contributed by atoms with Gasteiger partial charge in [-0.25, -0.2) is 0 Å². The molecular formula is C15H13ClN2O4S. The molecule has 1 aromatic heterocycles. The van der Waals surface area contributed by atoms with Crippen molar-refractivity contribution in [3.63, 3.8) is 0 Å². The van der Waals surface area contributed by atoms with Crippen LogP contribution >= 0.6 is 22.9 Å². The van der Waals surface area contributed by atoms with Crippen molar-refractivity contribution >= 4 is 40.5 Å². The number of phenolic OH excluding ortho intramolecular Hbond substituents is 1. The number of carbonyl (C=O) groups is 3. The monoisotopic (exact) mass is 352 g/mol. The van der Waals surface area contributed by atoms with E-state index in [-0.39, 0.29) is 29.9 Å². The smallest absolute Gasteiger partial charge is 0.273 e. The maximum Gasteiger partial charge on any atom is 0.273 e. The summed E-state index contributed by atoms with van der Waals surface area (Å²) in [6.07, 6.45) is -0.0649. The van der Waals surface area contributed by atoms with Crippen molar-refractivity contribution in [3.05, 3.63) is 51.2 Å². The van der Waals surface area contributed by atoms with Crippen LogP contribution in [0.5, 0.6) is 5.75 Å². The summed E-state index contributed by atoms with van der Waals surface area (Å²) in [5, 5.41) is 9.52. The Kier molecular flexibility index (Phi) is 5.72. The van der Waals surface area contributed by atoms with Gasteiger partial charge in [-0.2, -0.15) is 0 Å². The molecule has 2 rings (SSSR count). The van der Waals surface area contributed by atoms with Crippen LogP contribution in [-0.4, -0.2) is 22.7 Å². The van der Waals surface area contributed by atoms with E-state index in [1.165, 1.54) is 12.1 Å². The van der Waals surface area contributed by atoms with Crippen molar-refractivity contribution < 1.29 is 19.5 Å². The molecule has 0 aliphatic heterocycles. The molecule has 0 saturated heterocycles. The number of thiophene rings is 1. The number of hydrogen-bond acceptors (Lipinski definition) is 5. The molecule has 0 bridgehead atoms. The molecule has 3 N–H and O–H groups in total. The van der Waals surface area contributed by atoms with Crippen LogP contribution in [-0.2, 0) is 4.79 Å². The fourth-order valence-electron chi connectivity index (χ4n) is 1.74. The number of rotatable bonds is 5. The van der Waals surface area contributed by atoms with Crippen molar-refractivity contribution in [2.75, 3.05) is 0 Å². The van der Waals surface area contributed by atoms with Crippen LogP contribution in [0.2, 0.25) is 4.34 Å². The third-order valence-corrected chi connectivity index (χ3v) is 4.16. The minimum atomic E-state index is -0.646. The Labute approximate surface area is 141 Å². The molecule has 0 aliphatic rings. The summed E-state index contributed by atoms with van der Waals surface area (Å²) < 4.78 is 0.507. The average Bonchev–Trinajstić information content (AvgIpc) is 2.97. The molecule has 2 amide bonds. The van der Waals surface area contributed by atoms with E-state index in [2.05, 4.69) is 10.9 Å². The van der Waals surface area contributed by atoms with Gasteiger partial charge in [0, 0.05) is 12.8 Å². The molecule has 0 unspecified atom stereocenters. The summed E-state index contributed by atoms with van der Waals surface area (Å²) in [6.45, 7) is 0. The van der Waals surface area contributed by atoms with E-state index >= 15 is 0 Å². The number of para-hydroxylation sites is 1.